The van der Waals surface area contributed by atoms with Gasteiger partial charge in [-0.2, -0.15) is 0 Å². The maximum atomic E-state index is 13.3. The molecule has 0 aliphatic rings. The molecule has 0 aliphatic heterocycles. The smallest absolute Gasteiger partial charge is 0.128 e. The van der Waals surface area contributed by atoms with Crippen molar-refractivity contribution in [3.63, 3.8) is 0 Å². The second-order valence-electron chi connectivity index (χ2n) is 2.82. The zero-order chi connectivity index (χ0) is 9.68. The standard InChI is InChI=1S/C10H14FNO/c1-12-10(7-13-2)8-5-3-4-6-9(8)11/h3-6,10,12H,7H2,1-2H3. The fourth-order valence-corrected chi connectivity index (χ4v) is 1.25. The highest BCUT2D eigenvalue weighted by molar-refractivity contribution is 5.21. The summed E-state index contributed by atoms with van der Waals surface area (Å²) in [5, 5.41) is 3.00. The van der Waals surface area contributed by atoms with Crippen molar-refractivity contribution in [2.24, 2.45) is 0 Å². The molecule has 0 aliphatic carbocycles. The number of likely N-dealkylation sites (N-methyl/N-ethyl adjacent to an activating group) is 1. The highest BCUT2D eigenvalue weighted by Crippen LogP contribution is 2.16. The minimum Gasteiger partial charge on any atom is -0.383 e. The Hall–Kier alpha value is -0.930. The second kappa shape index (κ2) is 4.94. The monoisotopic (exact) mass is 183 g/mol. The molecule has 0 heterocycles. The molecule has 1 rings (SSSR count). The van der Waals surface area contributed by atoms with E-state index in [4.69, 9.17) is 4.74 Å². The Bertz CT molecular complexity index is 265. The topological polar surface area (TPSA) is 21.3 Å². The summed E-state index contributed by atoms with van der Waals surface area (Å²) in [6, 6.07) is 6.63. The van der Waals surface area contributed by atoms with E-state index in [1.165, 1.54) is 6.07 Å². The van der Waals surface area contributed by atoms with Gasteiger partial charge in [-0.3, -0.25) is 0 Å². The van der Waals surface area contributed by atoms with Crippen LogP contribution in [0, 0.1) is 5.82 Å². The zero-order valence-corrected chi connectivity index (χ0v) is 7.88. The first kappa shape index (κ1) is 10.2. The van der Waals surface area contributed by atoms with Crippen molar-refractivity contribution in [3.05, 3.63) is 35.6 Å². The maximum Gasteiger partial charge on any atom is 0.128 e. The van der Waals surface area contributed by atoms with Gasteiger partial charge in [0.05, 0.1) is 12.6 Å². The molecule has 3 heteroatoms. The first-order valence-corrected chi connectivity index (χ1v) is 4.20. The molecule has 72 valence electrons. The normalized spacial score (nSPS) is 12.8. The van der Waals surface area contributed by atoms with Gasteiger partial charge >= 0.3 is 0 Å². The molecule has 1 aromatic carbocycles. The molecule has 1 unspecified atom stereocenters. The Morgan fingerprint density at radius 3 is 2.69 bits per heavy atom. The van der Waals surface area contributed by atoms with Crippen molar-refractivity contribution in [2.75, 3.05) is 20.8 Å². The largest absolute Gasteiger partial charge is 0.383 e. The van der Waals surface area contributed by atoms with Gasteiger partial charge in [0.25, 0.3) is 0 Å². The number of rotatable bonds is 4. The number of methoxy groups -OCH3 is 1. The summed E-state index contributed by atoms with van der Waals surface area (Å²) in [6.45, 7) is 0.470. The van der Waals surface area contributed by atoms with Crippen LogP contribution in [0.2, 0.25) is 0 Å². The third kappa shape index (κ3) is 2.50. The highest BCUT2D eigenvalue weighted by atomic mass is 19.1. The predicted octanol–water partition coefficient (Wildman–Crippen LogP) is 1.73. The second-order valence-corrected chi connectivity index (χ2v) is 2.82. The van der Waals surface area contributed by atoms with Gasteiger partial charge in [-0.05, 0) is 13.1 Å². The average molecular weight is 183 g/mol. The van der Waals surface area contributed by atoms with E-state index < -0.39 is 0 Å². The van der Waals surface area contributed by atoms with Gasteiger partial charge in [0, 0.05) is 12.7 Å². The SMILES string of the molecule is CNC(COC)c1ccccc1F. The van der Waals surface area contributed by atoms with Gasteiger partial charge in [-0.15, -0.1) is 0 Å². The van der Waals surface area contributed by atoms with Crippen LogP contribution in [0.15, 0.2) is 24.3 Å². The first-order valence-electron chi connectivity index (χ1n) is 4.20. The number of halogens is 1. The van der Waals surface area contributed by atoms with Gasteiger partial charge < -0.3 is 10.1 Å². The van der Waals surface area contributed by atoms with Crippen LogP contribution in [-0.4, -0.2) is 20.8 Å². The van der Waals surface area contributed by atoms with Crippen molar-refractivity contribution < 1.29 is 9.13 Å². The summed E-state index contributed by atoms with van der Waals surface area (Å²) in [7, 11) is 3.39. The molecule has 13 heavy (non-hydrogen) atoms. The molecule has 0 saturated heterocycles. The van der Waals surface area contributed by atoms with Crippen molar-refractivity contribution in [3.8, 4) is 0 Å². The van der Waals surface area contributed by atoms with E-state index in [0.717, 1.165) is 0 Å². The van der Waals surface area contributed by atoms with Crippen molar-refractivity contribution in [1.82, 2.24) is 5.32 Å². The Labute approximate surface area is 77.7 Å². The molecule has 0 bridgehead atoms. The molecule has 2 nitrogen and oxygen atoms in total. The van der Waals surface area contributed by atoms with Gasteiger partial charge in [-0.25, -0.2) is 4.39 Å². The summed E-state index contributed by atoms with van der Waals surface area (Å²) in [4.78, 5) is 0. The Balaban J connectivity index is 2.84. The van der Waals surface area contributed by atoms with Crippen molar-refractivity contribution in [1.29, 1.82) is 0 Å². The maximum absolute atomic E-state index is 13.3. The van der Waals surface area contributed by atoms with E-state index in [9.17, 15) is 4.39 Å². The molecular formula is C10H14FNO. The third-order valence-corrected chi connectivity index (χ3v) is 1.96. The van der Waals surface area contributed by atoms with Gasteiger partial charge in [-0.1, -0.05) is 18.2 Å². The van der Waals surface area contributed by atoms with Crippen LogP contribution < -0.4 is 5.32 Å². The summed E-state index contributed by atoms with van der Waals surface area (Å²) >= 11 is 0. The van der Waals surface area contributed by atoms with Crippen LogP contribution in [0.3, 0.4) is 0 Å². The van der Waals surface area contributed by atoms with Gasteiger partial charge in [0.2, 0.25) is 0 Å². The fraction of sp³-hybridized carbons (Fsp3) is 0.400. The molecule has 0 spiro atoms. The lowest BCUT2D eigenvalue weighted by Gasteiger charge is -2.15. The van der Waals surface area contributed by atoms with E-state index in [0.29, 0.717) is 12.2 Å². The lowest BCUT2D eigenvalue weighted by atomic mass is 10.1. The summed E-state index contributed by atoms with van der Waals surface area (Å²) in [6.07, 6.45) is 0. The van der Waals surface area contributed by atoms with Crippen LogP contribution in [0.5, 0.6) is 0 Å². The summed E-state index contributed by atoms with van der Waals surface area (Å²) < 4.78 is 18.2. The Morgan fingerprint density at radius 2 is 2.15 bits per heavy atom. The van der Waals surface area contributed by atoms with Crippen LogP contribution in [0.4, 0.5) is 4.39 Å². The van der Waals surface area contributed by atoms with E-state index in [-0.39, 0.29) is 11.9 Å². The van der Waals surface area contributed by atoms with Gasteiger partial charge in [0.1, 0.15) is 5.82 Å². The number of hydrogen-bond acceptors (Lipinski definition) is 2. The average Bonchev–Trinajstić information content (AvgIpc) is 2.16. The molecule has 1 aromatic rings. The third-order valence-electron chi connectivity index (χ3n) is 1.96. The minimum atomic E-state index is -0.195. The molecular weight excluding hydrogens is 169 g/mol. The minimum absolute atomic E-state index is 0.0776. The Morgan fingerprint density at radius 1 is 1.46 bits per heavy atom. The molecule has 0 radical (unpaired) electrons. The zero-order valence-electron chi connectivity index (χ0n) is 7.88. The molecule has 1 atom stereocenters. The molecule has 0 aromatic heterocycles. The summed E-state index contributed by atoms with van der Waals surface area (Å²) in [5.74, 6) is -0.195. The van der Waals surface area contributed by atoms with E-state index >= 15 is 0 Å². The molecule has 0 saturated carbocycles. The van der Waals surface area contributed by atoms with E-state index in [1.54, 1.807) is 26.3 Å². The van der Waals surface area contributed by atoms with Crippen molar-refractivity contribution in [2.45, 2.75) is 6.04 Å². The molecule has 0 fully saturated rings. The van der Waals surface area contributed by atoms with Crippen LogP contribution in [0.25, 0.3) is 0 Å². The number of ether oxygens (including phenoxy) is 1. The molecule has 0 amide bonds. The number of hydrogen-bond donors (Lipinski definition) is 1. The first-order chi connectivity index (χ1) is 6.29. The predicted molar refractivity (Wildman–Crippen MR) is 50.1 cm³/mol. The van der Waals surface area contributed by atoms with E-state index in [1.807, 2.05) is 6.07 Å². The molecule has 1 N–H and O–H groups in total. The quantitative estimate of drug-likeness (QED) is 0.767. The van der Waals surface area contributed by atoms with E-state index in [2.05, 4.69) is 5.32 Å². The van der Waals surface area contributed by atoms with Crippen molar-refractivity contribution >= 4 is 0 Å². The Kier molecular flexibility index (Phi) is 3.86. The van der Waals surface area contributed by atoms with Gasteiger partial charge in [0.15, 0.2) is 0 Å². The number of nitrogens with one attached hydrogen (secondary N) is 1. The fourth-order valence-electron chi connectivity index (χ4n) is 1.25. The lowest BCUT2D eigenvalue weighted by molar-refractivity contribution is 0.169. The van der Waals surface area contributed by atoms with Crippen LogP contribution in [-0.2, 0) is 4.74 Å². The highest BCUT2D eigenvalue weighted by Gasteiger charge is 2.12. The van der Waals surface area contributed by atoms with Crippen LogP contribution >= 0.6 is 0 Å². The number of benzene rings is 1. The van der Waals surface area contributed by atoms with Crippen LogP contribution in [0.1, 0.15) is 11.6 Å². The summed E-state index contributed by atoms with van der Waals surface area (Å²) in [5.41, 5.74) is 0.645. The lowest BCUT2D eigenvalue weighted by Crippen LogP contribution is -2.22.